The van der Waals surface area contributed by atoms with Gasteiger partial charge in [-0.25, -0.2) is 0 Å². The monoisotopic (exact) mass is 311 g/mol. The van der Waals surface area contributed by atoms with Gasteiger partial charge in [0.2, 0.25) is 5.91 Å². The van der Waals surface area contributed by atoms with E-state index >= 15 is 0 Å². The summed E-state index contributed by atoms with van der Waals surface area (Å²) in [6.07, 6.45) is 0.206. The SMILES string of the molecule is COc1cccc(CC(=O)N2C[C@@H](C(=O)O)c3ccccc32)c1. The quantitative estimate of drug-likeness (QED) is 0.942. The van der Waals surface area contributed by atoms with Gasteiger partial charge in [0.25, 0.3) is 0 Å². The molecule has 5 nitrogen and oxygen atoms in total. The Morgan fingerprint density at radius 2 is 2.00 bits per heavy atom. The van der Waals surface area contributed by atoms with Gasteiger partial charge in [-0.1, -0.05) is 30.3 Å². The molecule has 2 aromatic rings. The van der Waals surface area contributed by atoms with Gasteiger partial charge in [0.15, 0.2) is 0 Å². The van der Waals surface area contributed by atoms with E-state index in [1.165, 1.54) is 0 Å². The largest absolute Gasteiger partial charge is 0.497 e. The van der Waals surface area contributed by atoms with Gasteiger partial charge in [-0.2, -0.15) is 0 Å². The van der Waals surface area contributed by atoms with Crippen LogP contribution < -0.4 is 9.64 Å². The first kappa shape index (κ1) is 15.1. The van der Waals surface area contributed by atoms with Crippen molar-refractivity contribution in [1.29, 1.82) is 0 Å². The lowest BCUT2D eigenvalue weighted by molar-refractivity contribution is -0.138. The van der Waals surface area contributed by atoms with Gasteiger partial charge in [0, 0.05) is 12.2 Å². The van der Waals surface area contributed by atoms with Gasteiger partial charge < -0.3 is 14.7 Å². The fraction of sp³-hybridized carbons (Fsp3) is 0.222. The van der Waals surface area contributed by atoms with Gasteiger partial charge in [-0.3, -0.25) is 9.59 Å². The highest BCUT2D eigenvalue weighted by Gasteiger charge is 2.36. The van der Waals surface area contributed by atoms with E-state index in [1.807, 2.05) is 30.3 Å². The molecule has 0 aliphatic carbocycles. The molecule has 2 aromatic carbocycles. The topological polar surface area (TPSA) is 66.8 Å². The fourth-order valence-electron chi connectivity index (χ4n) is 2.91. The van der Waals surface area contributed by atoms with Crippen molar-refractivity contribution in [3.05, 3.63) is 59.7 Å². The number of benzene rings is 2. The molecule has 1 aliphatic rings. The number of amides is 1. The molecule has 3 rings (SSSR count). The number of carboxylic acids is 1. The third kappa shape index (κ3) is 2.90. The summed E-state index contributed by atoms with van der Waals surface area (Å²) in [6, 6.07) is 14.5. The summed E-state index contributed by atoms with van der Waals surface area (Å²) < 4.78 is 5.16. The second-order valence-corrected chi connectivity index (χ2v) is 5.48. The lowest BCUT2D eigenvalue weighted by Gasteiger charge is -2.17. The maximum atomic E-state index is 12.6. The highest BCUT2D eigenvalue weighted by atomic mass is 16.5. The predicted molar refractivity (Wildman–Crippen MR) is 85.9 cm³/mol. The number of carboxylic acid groups (broad SMARTS) is 1. The zero-order chi connectivity index (χ0) is 16.4. The number of fused-ring (bicyclic) bond motifs is 1. The van der Waals surface area contributed by atoms with Crippen molar-refractivity contribution in [2.45, 2.75) is 12.3 Å². The summed E-state index contributed by atoms with van der Waals surface area (Å²) in [5.41, 5.74) is 2.22. The van der Waals surface area contributed by atoms with Crippen molar-refractivity contribution in [1.82, 2.24) is 0 Å². The molecule has 1 heterocycles. The Morgan fingerprint density at radius 1 is 1.22 bits per heavy atom. The van der Waals surface area contributed by atoms with Crippen molar-refractivity contribution < 1.29 is 19.4 Å². The smallest absolute Gasteiger partial charge is 0.312 e. The van der Waals surface area contributed by atoms with Crippen LogP contribution in [0.15, 0.2) is 48.5 Å². The molecule has 1 aliphatic heterocycles. The highest BCUT2D eigenvalue weighted by molar-refractivity contribution is 5.99. The summed E-state index contributed by atoms with van der Waals surface area (Å²) in [4.78, 5) is 25.6. The maximum Gasteiger partial charge on any atom is 0.312 e. The molecule has 1 N–H and O–H groups in total. The minimum Gasteiger partial charge on any atom is -0.497 e. The van der Waals surface area contributed by atoms with Crippen LogP contribution in [-0.2, 0) is 16.0 Å². The molecule has 0 aromatic heterocycles. The Labute approximate surface area is 134 Å². The van der Waals surface area contributed by atoms with Gasteiger partial charge in [-0.05, 0) is 29.3 Å². The minimum absolute atomic E-state index is 0.116. The second-order valence-electron chi connectivity index (χ2n) is 5.48. The van der Waals surface area contributed by atoms with E-state index in [9.17, 15) is 14.7 Å². The first-order valence-corrected chi connectivity index (χ1v) is 7.35. The third-order valence-electron chi connectivity index (χ3n) is 4.06. The number of carbonyl (C=O) groups excluding carboxylic acids is 1. The number of anilines is 1. The molecule has 0 spiro atoms. The maximum absolute atomic E-state index is 12.6. The number of rotatable bonds is 4. The van der Waals surface area contributed by atoms with Crippen LogP contribution in [0.25, 0.3) is 0 Å². The average Bonchev–Trinajstić information content (AvgIpc) is 2.95. The molecule has 0 saturated carbocycles. The number of ether oxygens (including phenoxy) is 1. The third-order valence-corrected chi connectivity index (χ3v) is 4.06. The van der Waals surface area contributed by atoms with Crippen LogP contribution in [0.4, 0.5) is 5.69 Å². The minimum atomic E-state index is -0.908. The zero-order valence-electron chi connectivity index (χ0n) is 12.7. The van der Waals surface area contributed by atoms with E-state index in [0.717, 1.165) is 5.56 Å². The molecule has 23 heavy (non-hydrogen) atoms. The summed E-state index contributed by atoms with van der Waals surface area (Å²) in [5, 5.41) is 9.36. The lowest BCUT2D eigenvalue weighted by atomic mass is 10.0. The van der Waals surface area contributed by atoms with Crippen LogP contribution in [0.5, 0.6) is 5.75 Å². The first-order valence-electron chi connectivity index (χ1n) is 7.35. The van der Waals surface area contributed by atoms with Crippen LogP contribution in [0, 0.1) is 0 Å². The Morgan fingerprint density at radius 3 is 2.74 bits per heavy atom. The number of methoxy groups -OCH3 is 1. The van der Waals surface area contributed by atoms with E-state index in [1.54, 1.807) is 30.2 Å². The molecular weight excluding hydrogens is 294 g/mol. The molecule has 1 atom stereocenters. The van der Waals surface area contributed by atoms with Crippen LogP contribution in [0.3, 0.4) is 0 Å². The Bertz CT molecular complexity index is 756. The molecule has 0 fully saturated rings. The summed E-state index contributed by atoms with van der Waals surface area (Å²) in [7, 11) is 1.58. The average molecular weight is 311 g/mol. The predicted octanol–water partition coefficient (Wildman–Crippen LogP) is 2.45. The van der Waals surface area contributed by atoms with Gasteiger partial charge >= 0.3 is 5.97 Å². The fourth-order valence-corrected chi connectivity index (χ4v) is 2.91. The van der Waals surface area contributed by atoms with E-state index in [0.29, 0.717) is 17.0 Å². The molecule has 0 bridgehead atoms. The van der Waals surface area contributed by atoms with Crippen LogP contribution in [-0.4, -0.2) is 30.6 Å². The Kier molecular flexibility index (Phi) is 4.02. The molecule has 118 valence electrons. The number of nitrogens with zero attached hydrogens (tertiary/aromatic N) is 1. The van der Waals surface area contributed by atoms with Gasteiger partial charge in [0.05, 0.1) is 13.5 Å². The van der Waals surface area contributed by atoms with Crippen LogP contribution >= 0.6 is 0 Å². The lowest BCUT2D eigenvalue weighted by Crippen LogP contribution is -2.32. The van der Waals surface area contributed by atoms with Gasteiger partial charge in [-0.15, -0.1) is 0 Å². The number of carbonyl (C=O) groups is 2. The van der Waals surface area contributed by atoms with Crippen LogP contribution in [0.1, 0.15) is 17.0 Å². The van der Waals surface area contributed by atoms with E-state index in [-0.39, 0.29) is 18.9 Å². The number of hydrogen-bond donors (Lipinski definition) is 1. The molecule has 0 saturated heterocycles. The van der Waals surface area contributed by atoms with Crippen molar-refractivity contribution in [2.75, 3.05) is 18.6 Å². The Balaban J connectivity index is 1.84. The second kappa shape index (κ2) is 6.12. The van der Waals surface area contributed by atoms with Gasteiger partial charge in [0.1, 0.15) is 11.7 Å². The summed E-state index contributed by atoms with van der Waals surface area (Å²) in [5.74, 6) is -0.996. The Hall–Kier alpha value is -2.82. The molecule has 1 amide bonds. The summed E-state index contributed by atoms with van der Waals surface area (Å²) >= 11 is 0. The zero-order valence-corrected chi connectivity index (χ0v) is 12.7. The van der Waals surface area contributed by atoms with E-state index < -0.39 is 11.9 Å². The molecule has 0 unspecified atom stereocenters. The molecule has 5 heteroatoms. The van der Waals surface area contributed by atoms with Crippen LogP contribution in [0.2, 0.25) is 0 Å². The summed E-state index contributed by atoms with van der Waals surface area (Å²) in [6.45, 7) is 0.178. The molecular formula is C18H17NO4. The number of para-hydroxylation sites is 1. The number of hydrogen-bond acceptors (Lipinski definition) is 3. The van der Waals surface area contributed by atoms with Crippen molar-refractivity contribution in [3.8, 4) is 5.75 Å². The van der Waals surface area contributed by atoms with Crippen molar-refractivity contribution in [3.63, 3.8) is 0 Å². The number of aliphatic carboxylic acids is 1. The van der Waals surface area contributed by atoms with E-state index in [4.69, 9.17) is 4.74 Å². The molecule has 0 radical (unpaired) electrons. The standard InChI is InChI=1S/C18H17NO4/c1-23-13-6-4-5-12(9-13)10-17(20)19-11-15(18(21)22)14-7-2-3-8-16(14)19/h2-9,15H,10-11H2,1H3,(H,21,22)/t15-/m1/s1. The van der Waals surface area contributed by atoms with Crippen molar-refractivity contribution in [2.24, 2.45) is 0 Å². The van der Waals surface area contributed by atoms with Crippen molar-refractivity contribution >= 4 is 17.6 Å². The van der Waals surface area contributed by atoms with E-state index in [2.05, 4.69) is 0 Å². The first-order chi connectivity index (χ1) is 11.1. The highest BCUT2D eigenvalue weighted by Crippen LogP contribution is 2.36. The normalized spacial score (nSPS) is 16.0.